The molecule has 32 heavy (non-hydrogen) atoms. The molecule has 0 aliphatic carbocycles. The lowest BCUT2D eigenvalue weighted by molar-refractivity contribution is -0.133. The zero-order chi connectivity index (χ0) is 22.5. The molecule has 0 radical (unpaired) electrons. The number of carbonyl (C=O) groups excluding carboxylic acids is 2. The first kappa shape index (κ1) is 21.5. The average molecular weight is 435 g/mol. The van der Waals surface area contributed by atoms with Gasteiger partial charge >= 0.3 is 6.09 Å². The smallest absolute Gasteiger partial charge is 0.409 e. The molecule has 4 rings (SSSR count). The van der Waals surface area contributed by atoms with Gasteiger partial charge in [0.1, 0.15) is 6.54 Å². The summed E-state index contributed by atoms with van der Waals surface area (Å²) in [5, 5.41) is 5.84. The first-order valence-electron chi connectivity index (χ1n) is 10.6. The Morgan fingerprint density at radius 1 is 1.00 bits per heavy atom. The molecule has 2 aromatic heterocycles. The van der Waals surface area contributed by atoms with E-state index in [1.165, 1.54) is 4.68 Å². The van der Waals surface area contributed by atoms with E-state index in [-0.39, 0.29) is 24.1 Å². The normalized spacial score (nSPS) is 13.9. The molecular weight excluding hydrogens is 410 g/mol. The lowest BCUT2D eigenvalue weighted by Gasteiger charge is -2.34. The van der Waals surface area contributed by atoms with Crippen LogP contribution in [0, 0.1) is 0 Å². The maximum atomic E-state index is 13.0. The van der Waals surface area contributed by atoms with E-state index < -0.39 is 0 Å². The molecule has 0 spiro atoms. The van der Waals surface area contributed by atoms with Crippen LogP contribution in [0.25, 0.3) is 10.8 Å². The highest BCUT2D eigenvalue weighted by Gasteiger charge is 2.25. The largest absolute Gasteiger partial charge is 0.450 e. The third-order valence-corrected chi connectivity index (χ3v) is 5.48. The lowest BCUT2D eigenvalue weighted by Crippen LogP contribution is -2.51. The topological polar surface area (TPSA) is 97.6 Å². The molecule has 1 saturated heterocycles. The fourth-order valence-corrected chi connectivity index (χ4v) is 3.82. The number of ether oxygens (including phenoxy) is 1. The van der Waals surface area contributed by atoms with Gasteiger partial charge in [0.25, 0.3) is 5.56 Å². The van der Waals surface area contributed by atoms with Gasteiger partial charge in [0.2, 0.25) is 5.91 Å². The molecule has 0 bridgehead atoms. The summed E-state index contributed by atoms with van der Waals surface area (Å²) in [7, 11) is 0. The molecule has 9 heteroatoms. The zero-order valence-electron chi connectivity index (χ0n) is 17.9. The predicted octanol–water partition coefficient (Wildman–Crippen LogP) is 1.68. The number of benzene rings is 1. The minimum Gasteiger partial charge on any atom is -0.450 e. The molecule has 0 atom stereocenters. The summed E-state index contributed by atoms with van der Waals surface area (Å²) in [6.45, 7) is 3.51. The minimum absolute atomic E-state index is 0.150. The molecule has 1 aliphatic heterocycles. The third-order valence-electron chi connectivity index (χ3n) is 5.48. The van der Waals surface area contributed by atoms with Gasteiger partial charge in [0, 0.05) is 50.4 Å². The molecule has 1 aliphatic rings. The van der Waals surface area contributed by atoms with E-state index in [9.17, 15) is 14.4 Å². The highest BCUT2D eigenvalue weighted by molar-refractivity contribution is 5.84. The molecule has 166 valence electrons. The zero-order valence-corrected chi connectivity index (χ0v) is 17.9. The van der Waals surface area contributed by atoms with Crippen molar-refractivity contribution in [2.24, 2.45) is 0 Å². The number of aromatic nitrogens is 3. The number of pyridine rings is 1. The number of hydrogen-bond acceptors (Lipinski definition) is 6. The maximum absolute atomic E-state index is 13.0. The van der Waals surface area contributed by atoms with E-state index in [4.69, 9.17) is 4.74 Å². The van der Waals surface area contributed by atoms with E-state index in [0.717, 1.165) is 10.9 Å². The van der Waals surface area contributed by atoms with Gasteiger partial charge in [-0.15, -0.1) is 0 Å². The molecule has 2 amide bonds. The monoisotopic (exact) mass is 435 g/mol. The molecule has 1 aromatic carbocycles. The Labute approximate surface area is 185 Å². The van der Waals surface area contributed by atoms with Crippen molar-refractivity contribution >= 4 is 22.8 Å². The van der Waals surface area contributed by atoms with Crippen LogP contribution in [-0.4, -0.2) is 69.4 Å². The van der Waals surface area contributed by atoms with Gasteiger partial charge in [0.05, 0.1) is 17.7 Å². The van der Waals surface area contributed by atoms with Crippen LogP contribution in [0.1, 0.15) is 18.2 Å². The van der Waals surface area contributed by atoms with Gasteiger partial charge in [-0.2, -0.15) is 5.10 Å². The second-order valence-corrected chi connectivity index (χ2v) is 7.56. The number of hydrogen-bond donors (Lipinski definition) is 0. The van der Waals surface area contributed by atoms with Gasteiger partial charge in [-0.3, -0.25) is 14.6 Å². The van der Waals surface area contributed by atoms with Crippen molar-refractivity contribution in [2.75, 3.05) is 32.8 Å². The van der Waals surface area contributed by atoms with Gasteiger partial charge < -0.3 is 14.5 Å². The Morgan fingerprint density at radius 2 is 1.72 bits per heavy atom. The number of amides is 2. The van der Waals surface area contributed by atoms with Gasteiger partial charge in [-0.05, 0) is 24.6 Å². The fourth-order valence-electron chi connectivity index (χ4n) is 3.82. The number of carbonyl (C=O) groups is 2. The highest BCUT2D eigenvalue weighted by Crippen LogP contribution is 2.17. The molecule has 9 nitrogen and oxygen atoms in total. The Morgan fingerprint density at radius 3 is 2.41 bits per heavy atom. The maximum Gasteiger partial charge on any atom is 0.409 e. The molecule has 0 saturated carbocycles. The van der Waals surface area contributed by atoms with Gasteiger partial charge in [-0.1, -0.05) is 24.3 Å². The minimum atomic E-state index is -0.368. The molecule has 0 N–H and O–H groups in total. The fraction of sp³-hybridized carbons (Fsp3) is 0.348. The van der Waals surface area contributed by atoms with Crippen LogP contribution in [0.3, 0.4) is 0 Å². The Hall–Kier alpha value is -3.75. The van der Waals surface area contributed by atoms with E-state index >= 15 is 0 Å². The second-order valence-electron chi connectivity index (χ2n) is 7.56. The van der Waals surface area contributed by atoms with Crippen LogP contribution in [0.2, 0.25) is 0 Å². The van der Waals surface area contributed by atoms with Crippen LogP contribution in [0.4, 0.5) is 4.79 Å². The van der Waals surface area contributed by atoms with E-state index in [0.29, 0.717) is 50.3 Å². The van der Waals surface area contributed by atoms with Gasteiger partial charge in [-0.25, -0.2) is 9.48 Å². The lowest BCUT2D eigenvalue weighted by atomic mass is 10.1. The quantitative estimate of drug-likeness (QED) is 0.605. The van der Waals surface area contributed by atoms with Crippen molar-refractivity contribution in [1.82, 2.24) is 24.6 Å². The molecule has 3 aromatic rings. The van der Waals surface area contributed by atoms with E-state index in [2.05, 4.69) is 10.1 Å². The molecule has 0 unspecified atom stereocenters. The van der Waals surface area contributed by atoms with Crippen molar-refractivity contribution in [3.8, 4) is 0 Å². The molecular formula is C23H25N5O4. The summed E-state index contributed by atoms with van der Waals surface area (Å²) < 4.78 is 6.26. The Bertz CT molecular complexity index is 1170. The van der Waals surface area contributed by atoms with Crippen molar-refractivity contribution < 1.29 is 14.3 Å². The van der Waals surface area contributed by atoms with Crippen LogP contribution in [-0.2, 0) is 22.5 Å². The average Bonchev–Trinajstić information content (AvgIpc) is 2.83. The van der Waals surface area contributed by atoms with Crippen LogP contribution >= 0.6 is 0 Å². The number of nitrogens with zero attached hydrogens (tertiary/aromatic N) is 5. The predicted molar refractivity (Wildman–Crippen MR) is 118 cm³/mol. The summed E-state index contributed by atoms with van der Waals surface area (Å²) in [6.07, 6.45) is 3.60. The Kier molecular flexibility index (Phi) is 6.44. The van der Waals surface area contributed by atoms with Crippen LogP contribution < -0.4 is 5.56 Å². The summed E-state index contributed by atoms with van der Waals surface area (Å²) in [5.41, 5.74) is 1.39. The highest BCUT2D eigenvalue weighted by atomic mass is 16.6. The third kappa shape index (κ3) is 4.61. The first-order valence-corrected chi connectivity index (χ1v) is 10.6. The van der Waals surface area contributed by atoms with E-state index in [1.54, 1.807) is 41.2 Å². The second kappa shape index (κ2) is 9.59. The summed E-state index contributed by atoms with van der Waals surface area (Å²) in [4.78, 5) is 45.2. The van der Waals surface area contributed by atoms with Gasteiger partial charge in [0.15, 0.2) is 0 Å². The Balaban J connectivity index is 1.54. The first-order chi connectivity index (χ1) is 15.6. The van der Waals surface area contributed by atoms with Crippen molar-refractivity contribution in [3.05, 3.63) is 70.4 Å². The summed E-state index contributed by atoms with van der Waals surface area (Å²) in [5.74, 6) is -0.203. The molecule has 3 heterocycles. The van der Waals surface area contributed by atoms with Crippen LogP contribution in [0.5, 0.6) is 0 Å². The van der Waals surface area contributed by atoms with Crippen LogP contribution in [0.15, 0.2) is 53.6 Å². The number of fused-ring (bicyclic) bond motifs is 1. The standard InChI is InChI=1S/C23H25N5O4/c1-2-32-23(31)27-12-10-26(11-13-27)21(29)16-28-22(30)19-8-4-3-7-18(19)20(25-28)14-17-6-5-9-24-15-17/h3-9,15H,2,10-14,16H2,1H3. The SMILES string of the molecule is CCOC(=O)N1CCN(C(=O)Cn2nc(Cc3cccnc3)c3ccccc3c2=O)CC1. The van der Waals surface area contributed by atoms with Crippen molar-refractivity contribution in [1.29, 1.82) is 0 Å². The summed E-state index contributed by atoms with van der Waals surface area (Å²) >= 11 is 0. The van der Waals surface area contributed by atoms with Crippen molar-refractivity contribution in [2.45, 2.75) is 19.9 Å². The summed E-state index contributed by atoms with van der Waals surface area (Å²) in [6, 6.07) is 11.1. The van der Waals surface area contributed by atoms with Crippen molar-refractivity contribution in [3.63, 3.8) is 0 Å². The van der Waals surface area contributed by atoms with E-state index in [1.807, 2.05) is 24.3 Å². The molecule has 1 fully saturated rings. The number of rotatable bonds is 5. The number of piperazine rings is 1.